The number of hydrogen-bond donors (Lipinski definition) is 1. The van der Waals surface area contributed by atoms with Crippen LogP contribution >= 0.6 is 11.3 Å². The van der Waals surface area contributed by atoms with Crippen molar-refractivity contribution in [3.8, 4) is 0 Å². The van der Waals surface area contributed by atoms with E-state index in [1.807, 2.05) is 25.4 Å². The number of nitrogens with zero attached hydrogens (tertiary/aromatic N) is 1. The predicted octanol–water partition coefficient (Wildman–Crippen LogP) is 2.05. The van der Waals surface area contributed by atoms with Crippen molar-refractivity contribution < 1.29 is 4.42 Å². The number of aromatic nitrogens is 1. The van der Waals surface area contributed by atoms with Gasteiger partial charge in [-0.15, -0.1) is 11.3 Å². The van der Waals surface area contributed by atoms with Gasteiger partial charge in [0.2, 0.25) is 0 Å². The smallest absolute Gasteiger partial charge is 0.110 e. The topological polar surface area (TPSA) is 38.1 Å². The second-order valence-electron chi connectivity index (χ2n) is 3.01. The van der Waals surface area contributed by atoms with Gasteiger partial charge in [0.25, 0.3) is 0 Å². The Hall–Kier alpha value is -1.13. The van der Waals surface area contributed by atoms with E-state index in [1.54, 1.807) is 17.6 Å². The number of furan rings is 1. The molecule has 14 heavy (non-hydrogen) atoms. The number of rotatable bonds is 4. The molecule has 2 aromatic rings. The maximum absolute atomic E-state index is 5.26. The monoisotopic (exact) mass is 208 g/mol. The number of nitrogens with one attached hydrogen (secondary N) is 1. The molecule has 0 fully saturated rings. The van der Waals surface area contributed by atoms with Crippen LogP contribution < -0.4 is 5.32 Å². The molecule has 0 spiro atoms. The second-order valence-corrected chi connectivity index (χ2v) is 4.21. The summed E-state index contributed by atoms with van der Waals surface area (Å²) in [5, 5.41) is 4.21. The highest BCUT2D eigenvalue weighted by molar-refractivity contribution is 7.11. The molecule has 0 unspecified atom stereocenters. The fourth-order valence-corrected chi connectivity index (χ4v) is 2.19. The quantitative estimate of drug-likeness (QED) is 0.835. The molecule has 0 saturated carbocycles. The van der Waals surface area contributed by atoms with Crippen LogP contribution in [0.15, 0.2) is 29.0 Å². The average Bonchev–Trinajstić information content (AvgIpc) is 2.79. The van der Waals surface area contributed by atoms with E-state index in [1.165, 1.54) is 4.88 Å². The van der Waals surface area contributed by atoms with Crippen LogP contribution in [0.25, 0.3) is 0 Å². The molecule has 4 heteroatoms. The van der Waals surface area contributed by atoms with Crippen molar-refractivity contribution in [2.45, 2.75) is 13.0 Å². The molecule has 2 aromatic heterocycles. The molecule has 0 aliphatic carbocycles. The molecule has 0 bridgehead atoms. The Morgan fingerprint density at radius 2 is 2.50 bits per heavy atom. The van der Waals surface area contributed by atoms with Crippen LogP contribution in [0.2, 0.25) is 0 Å². The number of thiazole rings is 1. The maximum atomic E-state index is 5.26. The summed E-state index contributed by atoms with van der Waals surface area (Å²) in [7, 11) is 1.94. The van der Waals surface area contributed by atoms with Gasteiger partial charge >= 0.3 is 0 Å². The summed E-state index contributed by atoms with van der Waals surface area (Å²) in [6, 6.07) is 3.87. The zero-order valence-corrected chi connectivity index (χ0v) is 8.80. The SMILES string of the molecule is CNCc1cnc(Cc2ccco2)s1. The summed E-state index contributed by atoms with van der Waals surface area (Å²) in [5.74, 6) is 0.968. The van der Waals surface area contributed by atoms with Gasteiger partial charge in [-0.1, -0.05) is 0 Å². The van der Waals surface area contributed by atoms with E-state index in [4.69, 9.17) is 4.42 Å². The van der Waals surface area contributed by atoms with E-state index in [9.17, 15) is 0 Å². The Balaban J connectivity index is 2.03. The Kier molecular flexibility index (Phi) is 2.96. The maximum Gasteiger partial charge on any atom is 0.110 e. The van der Waals surface area contributed by atoms with Crippen LogP contribution in [0, 0.1) is 0 Å². The summed E-state index contributed by atoms with van der Waals surface area (Å²) < 4.78 is 5.26. The number of hydrogen-bond acceptors (Lipinski definition) is 4. The third kappa shape index (κ3) is 2.21. The highest BCUT2D eigenvalue weighted by Gasteiger charge is 2.03. The minimum atomic E-state index is 0.793. The van der Waals surface area contributed by atoms with Crippen molar-refractivity contribution in [1.29, 1.82) is 0 Å². The third-order valence-corrected chi connectivity index (χ3v) is 2.86. The summed E-state index contributed by atoms with van der Waals surface area (Å²) in [5.41, 5.74) is 0. The normalized spacial score (nSPS) is 10.6. The van der Waals surface area contributed by atoms with E-state index in [0.717, 1.165) is 23.7 Å². The fourth-order valence-electron chi connectivity index (χ4n) is 1.25. The summed E-state index contributed by atoms with van der Waals surface area (Å²) in [4.78, 5) is 5.59. The molecule has 2 heterocycles. The zero-order chi connectivity index (χ0) is 9.80. The first-order valence-corrected chi connectivity index (χ1v) is 5.30. The minimum absolute atomic E-state index is 0.793. The summed E-state index contributed by atoms with van der Waals surface area (Å²) in [6.45, 7) is 0.885. The molecule has 0 amide bonds. The molecule has 0 aliphatic heterocycles. The van der Waals surface area contributed by atoms with Crippen molar-refractivity contribution >= 4 is 11.3 Å². The molecule has 2 rings (SSSR count). The van der Waals surface area contributed by atoms with Gasteiger partial charge in [0.05, 0.1) is 12.7 Å². The first-order valence-electron chi connectivity index (χ1n) is 4.49. The van der Waals surface area contributed by atoms with Gasteiger partial charge in [0, 0.05) is 17.6 Å². The molecular formula is C10H12N2OS. The Morgan fingerprint density at radius 3 is 3.21 bits per heavy atom. The molecule has 0 aromatic carbocycles. The minimum Gasteiger partial charge on any atom is -0.469 e. The molecule has 1 N–H and O–H groups in total. The van der Waals surface area contributed by atoms with Crippen molar-refractivity contribution in [1.82, 2.24) is 10.3 Å². The van der Waals surface area contributed by atoms with Crippen LogP contribution in [-0.4, -0.2) is 12.0 Å². The Bertz CT molecular complexity index is 380. The Morgan fingerprint density at radius 1 is 1.57 bits per heavy atom. The van der Waals surface area contributed by atoms with Gasteiger partial charge in [-0.2, -0.15) is 0 Å². The van der Waals surface area contributed by atoms with E-state index >= 15 is 0 Å². The van der Waals surface area contributed by atoms with Gasteiger partial charge in [-0.3, -0.25) is 0 Å². The molecule has 0 radical (unpaired) electrons. The predicted molar refractivity (Wildman–Crippen MR) is 56.4 cm³/mol. The second kappa shape index (κ2) is 4.39. The van der Waals surface area contributed by atoms with E-state index < -0.39 is 0 Å². The molecule has 0 atom stereocenters. The van der Waals surface area contributed by atoms with Crippen LogP contribution in [0.4, 0.5) is 0 Å². The molecule has 0 saturated heterocycles. The first-order chi connectivity index (χ1) is 6.88. The lowest BCUT2D eigenvalue weighted by Crippen LogP contribution is -2.02. The van der Waals surface area contributed by atoms with Gasteiger partial charge in [0.1, 0.15) is 10.8 Å². The highest BCUT2D eigenvalue weighted by atomic mass is 32.1. The molecule has 3 nitrogen and oxygen atoms in total. The van der Waals surface area contributed by atoms with Crippen molar-refractivity contribution in [3.05, 3.63) is 40.2 Å². The average molecular weight is 208 g/mol. The van der Waals surface area contributed by atoms with Gasteiger partial charge < -0.3 is 9.73 Å². The largest absolute Gasteiger partial charge is 0.469 e. The fraction of sp³-hybridized carbons (Fsp3) is 0.300. The summed E-state index contributed by atoms with van der Waals surface area (Å²) in [6.07, 6.45) is 4.40. The lowest BCUT2D eigenvalue weighted by Gasteiger charge is -1.91. The van der Waals surface area contributed by atoms with Gasteiger partial charge in [-0.25, -0.2) is 4.98 Å². The van der Waals surface area contributed by atoms with Crippen LogP contribution in [-0.2, 0) is 13.0 Å². The van der Waals surface area contributed by atoms with E-state index in [2.05, 4.69) is 10.3 Å². The Labute approximate surface area is 86.8 Å². The zero-order valence-electron chi connectivity index (χ0n) is 7.99. The standard InChI is InChI=1S/C10H12N2OS/c1-11-6-9-7-12-10(14-9)5-8-3-2-4-13-8/h2-4,7,11H,5-6H2,1H3. The highest BCUT2D eigenvalue weighted by Crippen LogP contribution is 2.16. The lowest BCUT2D eigenvalue weighted by molar-refractivity contribution is 0.520. The molecule has 0 aliphatic rings. The van der Waals surface area contributed by atoms with Crippen molar-refractivity contribution in [3.63, 3.8) is 0 Å². The van der Waals surface area contributed by atoms with Gasteiger partial charge in [0.15, 0.2) is 0 Å². The van der Waals surface area contributed by atoms with E-state index in [0.29, 0.717) is 0 Å². The molecular weight excluding hydrogens is 196 g/mol. The first kappa shape index (κ1) is 9.43. The van der Waals surface area contributed by atoms with Crippen LogP contribution in [0.1, 0.15) is 15.6 Å². The van der Waals surface area contributed by atoms with Crippen LogP contribution in [0.3, 0.4) is 0 Å². The van der Waals surface area contributed by atoms with Gasteiger partial charge in [-0.05, 0) is 19.2 Å². The lowest BCUT2D eigenvalue weighted by atomic mass is 10.3. The van der Waals surface area contributed by atoms with Crippen molar-refractivity contribution in [2.75, 3.05) is 7.05 Å². The van der Waals surface area contributed by atoms with Crippen LogP contribution in [0.5, 0.6) is 0 Å². The third-order valence-electron chi connectivity index (χ3n) is 1.86. The summed E-state index contributed by atoms with van der Waals surface area (Å²) >= 11 is 1.72. The van der Waals surface area contributed by atoms with E-state index in [-0.39, 0.29) is 0 Å². The van der Waals surface area contributed by atoms with Crippen molar-refractivity contribution in [2.24, 2.45) is 0 Å². The molecule has 74 valence electrons.